The molecule has 1 fully saturated rings. The van der Waals surface area contributed by atoms with Crippen LogP contribution in [0.25, 0.3) is 0 Å². The third kappa shape index (κ3) is 3.00. The van der Waals surface area contributed by atoms with E-state index < -0.39 is 0 Å². The first-order chi connectivity index (χ1) is 8.74. The normalized spacial score (nSPS) is 15.5. The molecule has 0 unspecified atom stereocenters. The topological polar surface area (TPSA) is 43.7 Å². The van der Waals surface area contributed by atoms with E-state index >= 15 is 0 Å². The van der Waals surface area contributed by atoms with E-state index in [-0.39, 0.29) is 19.0 Å². The molecule has 2 N–H and O–H groups in total. The van der Waals surface area contributed by atoms with Crippen molar-refractivity contribution in [3.05, 3.63) is 29.6 Å². The predicted octanol–water partition coefficient (Wildman–Crippen LogP) is 2.06. The summed E-state index contributed by atoms with van der Waals surface area (Å²) in [6.45, 7) is 0.726. The molecule has 0 bridgehead atoms. The number of nitrogens with zero attached hydrogens (tertiary/aromatic N) is 1. The van der Waals surface area contributed by atoms with E-state index in [9.17, 15) is 4.39 Å². The maximum Gasteiger partial charge on any atom is 0.125 e. The van der Waals surface area contributed by atoms with E-state index in [1.54, 1.807) is 0 Å². The Labute approximate surface area is 107 Å². The zero-order chi connectivity index (χ0) is 13.0. The molecule has 1 aromatic carbocycles. The molecule has 0 radical (unpaired) electrons. The monoisotopic (exact) mass is 253 g/mol. The Morgan fingerprint density at radius 1 is 1.22 bits per heavy atom. The third-order valence-electron chi connectivity index (χ3n) is 3.53. The van der Waals surface area contributed by atoms with E-state index in [1.807, 2.05) is 6.07 Å². The number of aliphatic hydroxyl groups excluding tert-OH is 2. The number of hydrogen-bond donors (Lipinski definition) is 2. The van der Waals surface area contributed by atoms with Gasteiger partial charge in [-0.3, -0.25) is 0 Å². The predicted molar refractivity (Wildman–Crippen MR) is 69.0 cm³/mol. The second-order valence-electron chi connectivity index (χ2n) is 4.83. The first kappa shape index (κ1) is 13.3. The Kier molecular flexibility index (Phi) is 4.55. The Hall–Kier alpha value is -1.13. The van der Waals surface area contributed by atoms with E-state index in [1.165, 1.54) is 18.6 Å². The van der Waals surface area contributed by atoms with Crippen LogP contribution >= 0.6 is 0 Å². The van der Waals surface area contributed by atoms with Crippen molar-refractivity contribution < 1.29 is 14.6 Å². The van der Waals surface area contributed by atoms with Crippen LogP contribution in [0.3, 0.4) is 0 Å². The smallest absolute Gasteiger partial charge is 0.125 e. The van der Waals surface area contributed by atoms with Gasteiger partial charge in [-0.25, -0.2) is 4.39 Å². The standard InChI is InChI=1S/C14H20FNO2/c15-12-7-11(10-18)8-14(9-12)16(5-2-6-17)13-3-1-4-13/h7-9,13,17-18H,1-6,10H2. The van der Waals surface area contributed by atoms with Crippen LogP contribution in [-0.2, 0) is 6.61 Å². The highest BCUT2D eigenvalue weighted by atomic mass is 19.1. The average Bonchev–Trinajstić information content (AvgIpc) is 2.31. The van der Waals surface area contributed by atoms with Gasteiger partial charge in [0.2, 0.25) is 0 Å². The second-order valence-corrected chi connectivity index (χ2v) is 4.83. The molecular weight excluding hydrogens is 233 g/mol. The van der Waals surface area contributed by atoms with E-state index in [0.717, 1.165) is 25.1 Å². The molecule has 0 spiro atoms. The van der Waals surface area contributed by atoms with Crippen molar-refractivity contribution in [2.75, 3.05) is 18.1 Å². The number of aliphatic hydroxyl groups is 2. The van der Waals surface area contributed by atoms with Gasteiger partial charge in [-0.15, -0.1) is 0 Å². The molecule has 4 heteroatoms. The molecule has 18 heavy (non-hydrogen) atoms. The van der Waals surface area contributed by atoms with Crippen molar-refractivity contribution in [2.24, 2.45) is 0 Å². The van der Waals surface area contributed by atoms with Crippen molar-refractivity contribution in [1.29, 1.82) is 0 Å². The van der Waals surface area contributed by atoms with Gasteiger partial charge in [0.15, 0.2) is 0 Å². The summed E-state index contributed by atoms with van der Waals surface area (Å²) in [5.41, 5.74) is 1.41. The van der Waals surface area contributed by atoms with Gasteiger partial charge in [-0.05, 0) is 49.4 Å². The minimum absolute atomic E-state index is 0.144. The molecule has 0 saturated heterocycles. The minimum atomic E-state index is -0.315. The first-order valence-corrected chi connectivity index (χ1v) is 6.52. The molecule has 1 saturated carbocycles. The summed E-state index contributed by atoms with van der Waals surface area (Å²) in [5.74, 6) is -0.315. The van der Waals surface area contributed by atoms with Crippen molar-refractivity contribution >= 4 is 5.69 Å². The molecule has 2 rings (SSSR count). The van der Waals surface area contributed by atoms with Gasteiger partial charge in [0.05, 0.1) is 6.61 Å². The van der Waals surface area contributed by atoms with E-state index in [0.29, 0.717) is 18.0 Å². The van der Waals surface area contributed by atoms with Crippen molar-refractivity contribution in [3.63, 3.8) is 0 Å². The number of halogens is 1. The van der Waals surface area contributed by atoms with Crippen molar-refractivity contribution in [1.82, 2.24) is 0 Å². The highest BCUT2D eigenvalue weighted by Gasteiger charge is 2.25. The summed E-state index contributed by atoms with van der Waals surface area (Å²) in [7, 11) is 0. The van der Waals surface area contributed by atoms with Crippen LogP contribution in [0.2, 0.25) is 0 Å². The summed E-state index contributed by atoms with van der Waals surface area (Å²) >= 11 is 0. The maximum atomic E-state index is 13.5. The highest BCUT2D eigenvalue weighted by Crippen LogP contribution is 2.30. The van der Waals surface area contributed by atoms with Crippen LogP contribution in [0.4, 0.5) is 10.1 Å². The van der Waals surface area contributed by atoms with Gasteiger partial charge in [0, 0.05) is 24.9 Å². The Morgan fingerprint density at radius 2 is 2.00 bits per heavy atom. The molecule has 1 aliphatic rings. The fourth-order valence-corrected chi connectivity index (χ4v) is 2.35. The van der Waals surface area contributed by atoms with Crippen LogP contribution in [0.15, 0.2) is 18.2 Å². The summed E-state index contributed by atoms with van der Waals surface area (Å²) < 4.78 is 13.5. The molecule has 3 nitrogen and oxygen atoms in total. The molecule has 0 atom stereocenters. The Balaban J connectivity index is 2.19. The minimum Gasteiger partial charge on any atom is -0.396 e. The van der Waals surface area contributed by atoms with Gasteiger partial charge >= 0.3 is 0 Å². The molecule has 1 aromatic rings. The summed E-state index contributed by atoms with van der Waals surface area (Å²) in [5, 5.41) is 18.1. The van der Waals surface area contributed by atoms with Gasteiger partial charge in [-0.1, -0.05) is 0 Å². The molecule has 0 aromatic heterocycles. The SMILES string of the molecule is OCCCN(c1cc(F)cc(CO)c1)C1CCC1. The van der Waals surface area contributed by atoms with Crippen molar-refractivity contribution in [2.45, 2.75) is 38.3 Å². The molecule has 0 heterocycles. The lowest BCUT2D eigenvalue weighted by Gasteiger charge is -2.39. The third-order valence-corrected chi connectivity index (χ3v) is 3.53. The number of benzene rings is 1. The molecule has 0 amide bonds. The van der Waals surface area contributed by atoms with Crippen LogP contribution in [-0.4, -0.2) is 29.4 Å². The van der Waals surface area contributed by atoms with Gasteiger partial charge in [0.1, 0.15) is 5.82 Å². The van der Waals surface area contributed by atoms with Crippen molar-refractivity contribution in [3.8, 4) is 0 Å². The number of hydrogen-bond acceptors (Lipinski definition) is 3. The zero-order valence-electron chi connectivity index (χ0n) is 10.5. The Bertz CT molecular complexity index is 393. The fourth-order valence-electron chi connectivity index (χ4n) is 2.35. The number of rotatable bonds is 6. The average molecular weight is 253 g/mol. The maximum absolute atomic E-state index is 13.5. The first-order valence-electron chi connectivity index (χ1n) is 6.52. The quantitative estimate of drug-likeness (QED) is 0.815. The lowest BCUT2D eigenvalue weighted by molar-refractivity contribution is 0.280. The molecule has 0 aliphatic heterocycles. The summed E-state index contributed by atoms with van der Waals surface area (Å²) in [6, 6.07) is 5.15. The summed E-state index contributed by atoms with van der Waals surface area (Å²) in [6.07, 6.45) is 4.14. The number of anilines is 1. The second kappa shape index (κ2) is 6.16. The van der Waals surface area contributed by atoms with Crippen LogP contribution in [0.5, 0.6) is 0 Å². The van der Waals surface area contributed by atoms with Crippen LogP contribution < -0.4 is 4.90 Å². The summed E-state index contributed by atoms with van der Waals surface area (Å²) in [4.78, 5) is 2.15. The van der Waals surface area contributed by atoms with Gasteiger partial charge in [0.25, 0.3) is 0 Å². The van der Waals surface area contributed by atoms with Gasteiger partial charge in [-0.2, -0.15) is 0 Å². The zero-order valence-corrected chi connectivity index (χ0v) is 10.5. The highest BCUT2D eigenvalue weighted by molar-refractivity contribution is 5.50. The fraction of sp³-hybridized carbons (Fsp3) is 0.571. The molecule has 100 valence electrons. The molecule has 1 aliphatic carbocycles. The largest absolute Gasteiger partial charge is 0.396 e. The van der Waals surface area contributed by atoms with Gasteiger partial charge < -0.3 is 15.1 Å². The molecular formula is C14H20FNO2. The van der Waals surface area contributed by atoms with E-state index in [2.05, 4.69) is 4.90 Å². The lowest BCUT2D eigenvalue weighted by Crippen LogP contribution is -2.41. The van der Waals surface area contributed by atoms with E-state index in [4.69, 9.17) is 10.2 Å². The lowest BCUT2D eigenvalue weighted by atomic mass is 9.90. The van der Waals surface area contributed by atoms with Crippen LogP contribution in [0, 0.1) is 5.82 Å². The van der Waals surface area contributed by atoms with Crippen LogP contribution in [0.1, 0.15) is 31.2 Å². The Morgan fingerprint density at radius 3 is 2.56 bits per heavy atom.